The Morgan fingerprint density at radius 2 is 1.38 bits per heavy atom. The number of hydrogen-bond donors (Lipinski definition) is 9. The van der Waals surface area contributed by atoms with Gasteiger partial charge in [0, 0.05) is 73.9 Å². The summed E-state index contributed by atoms with van der Waals surface area (Å²) < 4.78 is 31.6. The second-order valence-electron chi connectivity index (χ2n) is 19.1. The molecule has 1 aromatic heterocycles. The van der Waals surface area contributed by atoms with Gasteiger partial charge in [-0.15, -0.1) is 0 Å². The molecule has 3 aromatic rings. The average molecular weight is 997 g/mol. The molecule has 4 atom stereocenters. The summed E-state index contributed by atoms with van der Waals surface area (Å²) in [5.41, 5.74) is 5.45. The van der Waals surface area contributed by atoms with Gasteiger partial charge in [-0.25, -0.2) is 13.6 Å². The van der Waals surface area contributed by atoms with Gasteiger partial charge in [0.1, 0.15) is 36.4 Å². The Morgan fingerprint density at radius 1 is 0.746 bits per heavy atom. The van der Waals surface area contributed by atoms with Crippen molar-refractivity contribution >= 4 is 53.3 Å². The lowest BCUT2D eigenvalue weighted by atomic mass is 9.82. The average Bonchev–Trinajstić information content (AvgIpc) is 3.66. The molecule has 3 rings (SSSR count). The van der Waals surface area contributed by atoms with Crippen LogP contribution in [0, 0.1) is 17.0 Å². The number of nitrogens with one attached hydrogen (secondary N) is 5. The van der Waals surface area contributed by atoms with Crippen molar-refractivity contribution in [3.8, 4) is 11.1 Å². The first-order valence-electron chi connectivity index (χ1n) is 23.0. The highest BCUT2D eigenvalue weighted by molar-refractivity contribution is 5.95. The van der Waals surface area contributed by atoms with Gasteiger partial charge in [0.05, 0.1) is 12.5 Å². The van der Waals surface area contributed by atoms with Gasteiger partial charge in [0.2, 0.25) is 41.4 Å². The highest BCUT2D eigenvalue weighted by Gasteiger charge is 2.38. The van der Waals surface area contributed by atoms with Crippen LogP contribution in [0.4, 0.5) is 8.78 Å². The van der Waals surface area contributed by atoms with Gasteiger partial charge in [-0.05, 0) is 75.3 Å². The van der Waals surface area contributed by atoms with E-state index in [1.54, 1.807) is 58.4 Å². The van der Waals surface area contributed by atoms with E-state index in [-0.39, 0.29) is 49.4 Å². The topological polar surface area (TPSA) is 309 Å². The smallest absolute Gasteiger partial charge is 0.326 e. The van der Waals surface area contributed by atoms with Crippen LogP contribution in [-0.4, -0.2) is 121 Å². The number of carboxylic acids is 2. The Balaban J connectivity index is 2.03. The maximum Gasteiger partial charge on any atom is 0.326 e. The van der Waals surface area contributed by atoms with Crippen molar-refractivity contribution in [2.45, 2.75) is 129 Å². The summed E-state index contributed by atoms with van der Waals surface area (Å²) in [6, 6.07) is 7.93. The molecule has 0 spiro atoms. The highest BCUT2D eigenvalue weighted by atomic mass is 19.1. The number of aliphatic carboxylic acids is 2. The molecule has 388 valence electrons. The molecule has 0 aliphatic carbocycles. The monoisotopic (exact) mass is 996 g/mol. The van der Waals surface area contributed by atoms with Crippen LogP contribution in [0.1, 0.15) is 110 Å². The van der Waals surface area contributed by atoms with Crippen molar-refractivity contribution in [2.24, 2.45) is 11.1 Å². The van der Waals surface area contributed by atoms with E-state index in [2.05, 4.69) is 26.6 Å². The standard InChI is InChI=1S/C49H66F2N8O12/c1-48(2,3)44(37-23-30(32-24-31(50)15-16-33(32)51)27-58(37)26-29-11-8-7-9-12-29)59(42(65)28-60)22-20-34(45(68)53-21-19-40(63)54-35(47(70)71)17-18-43(66)67)56-46(69)36(25-38(52)61)55-39(62)13-10-14-41(64)57-49(4,5)6/h7-9,11-12,15-16,23-24,27,34-36,44,60H,10,13-14,17-22,25-26,28H2,1-6H3,(H2,52,61)(H,53,68)(H,54,63)(H,55,62)(H,56,69)(H,57,64)(H,66,67)(H,70,71)/t34-,35+,36-,44-/m0/s1. The quantitative estimate of drug-likeness (QED) is 0.0533. The molecule has 22 heteroatoms. The molecule has 20 nitrogen and oxygen atoms in total. The normalized spacial score (nSPS) is 13.1. The number of rotatable bonds is 27. The number of nitrogens with two attached hydrogens (primary N) is 1. The second kappa shape index (κ2) is 26.7. The van der Waals surface area contributed by atoms with E-state index in [0.717, 1.165) is 23.8 Å². The van der Waals surface area contributed by atoms with E-state index < -0.39 is 139 Å². The minimum absolute atomic E-state index is 0.0322. The third-order valence-electron chi connectivity index (χ3n) is 10.8. The zero-order valence-electron chi connectivity index (χ0n) is 40.8. The van der Waals surface area contributed by atoms with E-state index in [1.807, 2.05) is 30.3 Å². The molecule has 0 radical (unpaired) electrons. The first kappa shape index (κ1) is 58.1. The van der Waals surface area contributed by atoms with Gasteiger partial charge in [-0.1, -0.05) is 51.1 Å². The molecule has 0 aliphatic rings. The predicted octanol–water partition coefficient (Wildman–Crippen LogP) is 2.65. The van der Waals surface area contributed by atoms with Crippen molar-refractivity contribution in [2.75, 3.05) is 19.7 Å². The molecule has 0 bridgehead atoms. The molecule has 71 heavy (non-hydrogen) atoms. The van der Waals surface area contributed by atoms with Crippen molar-refractivity contribution in [3.05, 3.63) is 83.7 Å². The number of nitrogens with zero attached hydrogens (tertiary/aromatic N) is 2. The fourth-order valence-corrected chi connectivity index (χ4v) is 7.69. The third kappa shape index (κ3) is 19.6. The molecule has 2 aromatic carbocycles. The molecule has 0 saturated carbocycles. The summed E-state index contributed by atoms with van der Waals surface area (Å²) in [5.74, 6) is -9.96. The minimum Gasteiger partial charge on any atom is -0.481 e. The number of halogens is 2. The van der Waals surface area contributed by atoms with Crippen LogP contribution in [0.5, 0.6) is 0 Å². The van der Waals surface area contributed by atoms with Crippen LogP contribution in [-0.2, 0) is 49.7 Å². The number of carbonyl (C=O) groups excluding carboxylic acids is 7. The van der Waals surface area contributed by atoms with Crippen LogP contribution in [0.25, 0.3) is 11.1 Å². The molecule has 0 aliphatic heterocycles. The summed E-state index contributed by atoms with van der Waals surface area (Å²) in [6.45, 7) is 9.07. The molecular formula is C49H66F2N8O12. The molecule has 7 amide bonds. The summed E-state index contributed by atoms with van der Waals surface area (Å²) in [6.07, 6.45) is -1.23. The van der Waals surface area contributed by atoms with Gasteiger partial charge in [-0.2, -0.15) is 0 Å². The molecule has 1 heterocycles. The van der Waals surface area contributed by atoms with Crippen molar-refractivity contribution in [3.63, 3.8) is 0 Å². The molecule has 0 saturated heterocycles. The first-order valence-corrected chi connectivity index (χ1v) is 23.0. The van der Waals surface area contributed by atoms with Crippen molar-refractivity contribution in [1.82, 2.24) is 36.1 Å². The van der Waals surface area contributed by atoms with Crippen LogP contribution >= 0.6 is 0 Å². The summed E-state index contributed by atoms with van der Waals surface area (Å²) in [7, 11) is 0. The summed E-state index contributed by atoms with van der Waals surface area (Å²) in [4.78, 5) is 116. The van der Waals surface area contributed by atoms with Gasteiger partial charge in [0.15, 0.2) is 0 Å². The van der Waals surface area contributed by atoms with Gasteiger partial charge in [0.25, 0.3) is 0 Å². The Labute approximate surface area is 410 Å². The number of amides is 7. The first-order chi connectivity index (χ1) is 33.2. The Morgan fingerprint density at radius 3 is 1.97 bits per heavy atom. The van der Waals surface area contributed by atoms with E-state index in [0.29, 0.717) is 5.69 Å². The number of aliphatic hydroxyl groups excluding tert-OH is 1. The Bertz CT molecular complexity index is 2380. The maximum atomic E-state index is 15.3. The predicted molar refractivity (Wildman–Crippen MR) is 254 cm³/mol. The zero-order valence-corrected chi connectivity index (χ0v) is 40.8. The van der Waals surface area contributed by atoms with Crippen LogP contribution < -0.4 is 32.3 Å². The molecule has 0 fully saturated rings. The number of benzene rings is 2. The van der Waals surface area contributed by atoms with E-state index in [4.69, 9.17) is 10.8 Å². The number of hydrogen-bond acceptors (Lipinski definition) is 10. The van der Waals surface area contributed by atoms with E-state index in [9.17, 15) is 57.8 Å². The Hall–Kier alpha value is -7.23. The number of primary amides is 1. The number of carboxylic acid groups (broad SMARTS) is 2. The maximum absolute atomic E-state index is 15.3. The van der Waals surface area contributed by atoms with Crippen LogP contribution in [0.15, 0.2) is 60.8 Å². The fraction of sp³-hybridized carbons (Fsp3) is 0.490. The highest BCUT2D eigenvalue weighted by Crippen LogP contribution is 2.41. The molecule has 10 N–H and O–H groups in total. The van der Waals surface area contributed by atoms with Gasteiger partial charge >= 0.3 is 11.9 Å². The minimum atomic E-state index is -1.64. The molecular weight excluding hydrogens is 931 g/mol. The number of aromatic nitrogens is 1. The van der Waals surface area contributed by atoms with E-state index >= 15 is 4.39 Å². The number of carbonyl (C=O) groups is 9. The largest absolute Gasteiger partial charge is 0.481 e. The lowest BCUT2D eigenvalue weighted by Gasteiger charge is -2.41. The van der Waals surface area contributed by atoms with Crippen molar-refractivity contribution < 1.29 is 67.3 Å². The summed E-state index contributed by atoms with van der Waals surface area (Å²) >= 11 is 0. The van der Waals surface area contributed by atoms with Gasteiger partial charge in [-0.3, -0.25) is 38.4 Å². The third-order valence-corrected chi connectivity index (χ3v) is 10.8. The van der Waals surface area contributed by atoms with Crippen LogP contribution in [0.2, 0.25) is 0 Å². The zero-order chi connectivity index (χ0) is 53.2. The summed E-state index contributed by atoms with van der Waals surface area (Å²) in [5, 5.41) is 41.2. The number of aliphatic hydroxyl groups is 1. The lowest BCUT2D eigenvalue weighted by molar-refractivity contribution is -0.143. The SMILES string of the molecule is CC(C)(C)NC(=O)CCCC(=O)N[C@@H](CC(N)=O)C(=O)N[C@@H](CCN(C(=O)CO)[C@@H](c1cc(-c2cc(F)ccc2F)cn1Cc1ccccc1)C(C)(C)C)C(=O)NCCC(=O)N[C@H](CCC(=O)O)C(=O)O. The van der Waals surface area contributed by atoms with Gasteiger partial charge < -0.3 is 57.1 Å². The fourth-order valence-electron chi connectivity index (χ4n) is 7.69. The lowest BCUT2D eigenvalue weighted by Crippen LogP contribution is -2.56. The van der Waals surface area contributed by atoms with Crippen molar-refractivity contribution in [1.29, 1.82) is 0 Å². The molecule has 0 unspecified atom stereocenters. The van der Waals surface area contributed by atoms with E-state index in [1.165, 1.54) is 4.90 Å². The van der Waals surface area contributed by atoms with Crippen LogP contribution in [0.3, 0.4) is 0 Å². The Kier molecular flexibility index (Phi) is 21.8. The second-order valence-corrected chi connectivity index (χ2v) is 19.1.